The van der Waals surface area contributed by atoms with Crippen LogP contribution in [0.1, 0.15) is 53.4 Å². The van der Waals surface area contributed by atoms with E-state index in [1.54, 1.807) is 0 Å². The van der Waals surface area contributed by atoms with Crippen LogP contribution in [0, 0.1) is 0 Å². The number of nitrogens with zero attached hydrogens (tertiary/aromatic N) is 1. The van der Waals surface area contributed by atoms with Gasteiger partial charge in [0.05, 0.1) is 6.61 Å². The number of ether oxygens (including phenoxy) is 1. The van der Waals surface area contributed by atoms with E-state index in [0.717, 1.165) is 32.2 Å². The maximum Gasteiger partial charge on any atom is 0.326 e. The zero-order valence-electron chi connectivity index (χ0n) is 13.2. The van der Waals surface area contributed by atoms with Crippen molar-refractivity contribution in [1.29, 1.82) is 0 Å². The number of hydrogen-bond donors (Lipinski definition) is 1. The van der Waals surface area contributed by atoms with Crippen molar-refractivity contribution in [3.8, 4) is 0 Å². The first-order valence-corrected chi connectivity index (χ1v) is 7.66. The zero-order chi connectivity index (χ0) is 14.5. The summed E-state index contributed by atoms with van der Waals surface area (Å²) < 4.78 is 5.25. The Morgan fingerprint density at radius 1 is 1.47 bits per heavy atom. The summed E-state index contributed by atoms with van der Waals surface area (Å²) in [4.78, 5) is 14.7. The van der Waals surface area contributed by atoms with E-state index in [0.29, 0.717) is 18.7 Å². The van der Waals surface area contributed by atoms with Crippen molar-refractivity contribution < 1.29 is 9.53 Å². The lowest BCUT2D eigenvalue weighted by Crippen LogP contribution is -2.51. The van der Waals surface area contributed by atoms with Crippen molar-refractivity contribution in [2.45, 2.75) is 71.0 Å². The second-order valence-corrected chi connectivity index (χ2v) is 5.54. The van der Waals surface area contributed by atoms with Crippen LogP contribution in [0.3, 0.4) is 0 Å². The minimum atomic E-state index is -0.471. The maximum absolute atomic E-state index is 12.2. The number of esters is 1. The van der Waals surface area contributed by atoms with E-state index in [2.05, 4.69) is 31.0 Å². The third-order valence-corrected chi connectivity index (χ3v) is 4.62. The first kappa shape index (κ1) is 16.4. The predicted octanol–water partition coefficient (Wildman–Crippen LogP) is 2.18. The Labute approximate surface area is 117 Å². The van der Waals surface area contributed by atoms with Gasteiger partial charge in [-0.15, -0.1) is 0 Å². The molecule has 1 aliphatic carbocycles. The molecule has 0 amide bonds. The molecule has 3 atom stereocenters. The van der Waals surface area contributed by atoms with Crippen LogP contribution in [-0.2, 0) is 9.53 Å². The smallest absolute Gasteiger partial charge is 0.326 e. The van der Waals surface area contributed by atoms with Crippen LogP contribution in [0.5, 0.6) is 0 Å². The fraction of sp³-hybridized carbons (Fsp3) is 0.933. The Hall–Kier alpha value is -0.610. The molecular weight excluding hydrogens is 240 g/mol. The molecule has 0 spiro atoms. The van der Waals surface area contributed by atoms with Gasteiger partial charge in [0.15, 0.2) is 0 Å². The van der Waals surface area contributed by atoms with Gasteiger partial charge >= 0.3 is 5.97 Å². The molecule has 0 aromatic heterocycles. The average Bonchev–Trinajstić information content (AvgIpc) is 2.85. The van der Waals surface area contributed by atoms with E-state index in [1.807, 2.05) is 14.0 Å². The maximum atomic E-state index is 12.2. The molecule has 0 heterocycles. The van der Waals surface area contributed by atoms with Gasteiger partial charge in [-0.25, -0.2) is 0 Å². The summed E-state index contributed by atoms with van der Waals surface area (Å²) in [5.74, 6) is -0.0831. The summed E-state index contributed by atoms with van der Waals surface area (Å²) in [5.41, 5.74) is -0.471. The molecule has 1 saturated carbocycles. The molecule has 0 saturated heterocycles. The highest BCUT2D eigenvalue weighted by atomic mass is 16.5. The van der Waals surface area contributed by atoms with Crippen molar-refractivity contribution in [3.05, 3.63) is 0 Å². The Balaban J connectivity index is 2.76. The van der Waals surface area contributed by atoms with Crippen molar-refractivity contribution in [2.75, 3.05) is 20.2 Å². The predicted molar refractivity (Wildman–Crippen MR) is 78.2 cm³/mol. The van der Waals surface area contributed by atoms with Gasteiger partial charge in [-0.05, 0) is 53.1 Å². The van der Waals surface area contributed by atoms with Crippen LogP contribution in [0.4, 0.5) is 0 Å². The fourth-order valence-corrected chi connectivity index (χ4v) is 3.25. The number of likely N-dealkylation sites (N-methyl/N-ethyl adjacent to an activating group) is 1. The van der Waals surface area contributed by atoms with Gasteiger partial charge in [0, 0.05) is 12.1 Å². The summed E-state index contributed by atoms with van der Waals surface area (Å²) in [7, 11) is 1.87. The molecule has 3 unspecified atom stereocenters. The molecule has 4 heteroatoms. The van der Waals surface area contributed by atoms with E-state index in [-0.39, 0.29) is 5.97 Å². The average molecular weight is 270 g/mol. The Morgan fingerprint density at radius 3 is 2.63 bits per heavy atom. The van der Waals surface area contributed by atoms with Crippen LogP contribution in [0.15, 0.2) is 0 Å². The minimum Gasteiger partial charge on any atom is -0.465 e. The fourth-order valence-electron chi connectivity index (χ4n) is 3.25. The van der Waals surface area contributed by atoms with E-state index in [4.69, 9.17) is 4.74 Å². The second-order valence-electron chi connectivity index (χ2n) is 5.54. The molecular formula is C15H30N2O2. The van der Waals surface area contributed by atoms with Gasteiger partial charge < -0.3 is 10.1 Å². The SMILES string of the molecule is CCOC(=O)C1(NC)CCC(N(CC)C(C)CC)C1. The highest BCUT2D eigenvalue weighted by Gasteiger charge is 2.47. The molecule has 112 valence electrons. The van der Waals surface area contributed by atoms with Crippen molar-refractivity contribution in [3.63, 3.8) is 0 Å². The van der Waals surface area contributed by atoms with E-state index in [1.165, 1.54) is 0 Å². The lowest BCUT2D eigenvalue weighted by molar-refractivity contribution is -0.151. The molecule has 1 rings (SSSR count). The molecule has 19 heavy (non-hydrogen) atoms. The normalized spacial score (nSPS) is 28.6. The topological polar surface area (TPSA) is 41.6 Å². The van der Waals surface area contributed by atoms with E-state index >= 15 is 0 Å². The minimum absolute atomic E-state index is 0.0831. The Kier molecular flexibility index (Phi) is 6.27. The summed E-state index contributed by atoms with van der Waals surface area (Å²) in [6.07, 6.45) is 3.95. The lowest BCUT2D eigenvalue weighted by atomic mass is 9.97. The molecule has 0 aliphatic heterocycles. The van der Waals surface area contributed by atoms with Crippen molar-refractivity contribution in [2.24, 2.45) is 0 Å². The monoisotopic (exact) mass is 270 g/mol. The number of carbonyl (C=O) groups is 1. The first-order valence-electron chi connectivity index (χ1n) is 7.66. The highest BCUT2D eigenvalue weighted by Crippen LogP contribution is 2.35. The van der Waals surface area contributed by atoms with Gasteiger partial charge in [0.1, 0.15) is 5.54 Å². The highest BCUT2D eigenvalue weighted by molar-refractivity contribution is 5.81. The first-order chi connectivity index (χ1) is 9.04. The van der Waals surface area contributed by atoms with Crippen LogP contribution < -0.4 is 5.32 Å². The second kappa shape index (κ2) is 7.25. The summed E-state index contributed by atoms with van der Waals surface area (Å²) in [6, 6.07) is 1.06. The molecule has 0 aromatic carbocycles. The van der Waals surface area contributed by atoms with Crippen molar-refractivity contribution in [1.82, 2.24) is 10.2 Å². The van der Waals surface area contributed by atoms with E-state index in [9.17, 15) is 4.79 Å². The molecule has 0 radical (unpaired) electrons. The summed E-state index contributed by atoms with van der Waals surface area (Å²) >= 11 is 0. The lowest BCUT2D eigenvalue weighted by Gasteiger charge is -2.34. The number of rotatable bonds is 7. The summed E-state index contributed by atoms with van der Waals surface area (Å²) in [5, 5.41) is 3.23. The van der Waals surface area contributed by atoms with Gasteiger partial charge in [-0.2, -0.15) is 0 Å². The Morgan fingerprint density at radius 2 is 2.16 bits per heavy atom. The quantitative estimate of drug-likeness (QED) is 0.720. The molecule has 1 aliphatic rings. The van der Waals surface area contributed by atoms with Gasteiger partial charge in [-0.1, -0.05) is 13.8 Å². The molecule has 1 N–H and O–H groups in total. The molecule has 1 fully saturated rings. The van der Waals surface area contributed by atoms with Crippen molar-refractivity contribution >= 4 is 5.97 Å². The van der Waals surface area contributed by atoms with Crippen LogP contribution >= 0.6 is 0 Å². The van der Waals surface area contributed by atoms with Gasteiger partial charge in [0.25, 0.3) is 0 Å². The molecule has 4 nitrogen and oxygen atoms in total. The standard InChI is InChI=1S/C15H30N2O2/c1-6-12(4)17(7-2)13-9-10-15(11-13,16-5)14(18)19-8-3/h12-13,16H,6-11H2,1-5H3. The third-order valence-electron chi connectivity index (χ3n) is 4.62. The summed E-state index contributed by atoms with van der Waals surface area (Å²) in [6.45, 7) is 10.1. The third kappa shape index (κ3) is 3.48. The van der Waals surface area contributed by atoms with Gasteiger partial charge in [-0.3, -0.25) is 9.69 Å². The number of nitrogens with one attached hydrogen (secondary N) is 1. The largest absolute Gasteiger partial charge is 0.465 e. The van der Waals surface area contributed by atoms with Gasteiger partial charge in [0.2, 0.25) is 0 Å². The van der Waals surface area contributed by atoms with Crippen LogP contribution in [0.2, 0.25) is 0 Å². The zero-order valence-corrected chi connectivity index (χ0v) is 13.2. The molecule has 0 aromatic rings. The number of hydrogen-bond acceptors (Lipinski definition) is 4. The molecule has 0 bridgehead atoms. The van der Waals surface area contributed by atoms with Crippen LogP contribution in [-0.4, -0.2) is 48.7 Å². The number of carbonyl (C=O) groups excluding carboxylic acids is 1. The van der Waals surface area contributed by atoms with E-state index < -0.39 is 5.54 Å². The Bertz CT molecular complexity index is 296. The van der Waals surface area contributed by atoms with Crippen LogP contribution in [0.25, 0.3) is 0 Å².